The first kappa shape index (κ1) is 15.7. The predicted molar refractivity (Wildman–Crippen MR) is 76.4 cm³/mol. The van der Waals surface area contributed by atoms with E-state index in [1.165, 1.54) is 4.68 Å². The second-order valence-electron chi connectivity index (χ2n) is 4.41. The highest BCUT2D eigenvalue weighted by Crippen LogP contribution is 2.24. The lowest BCUT2D eigenvalue weighted by atomic mass is 10.2. The molecule has 1 aromatic heterocycles. The van der Waals surface area contributed by atoms with E-state index >= 15 is 0 Å². The van der Waals surface area contributed by atoms with Gasteiger partial charge in [0.1, 0.15) is 5.82 Å². The van der Waals surface area contributed by atoms with Crippen LogP contribution in [0.15, 0.2) is 23.1 Å². The molecule has 0 spiro atoms. The number of hydrogen-bond acceptors (Lipinski definition) is 3. The van der Waals surface area contributed by atoms with E-state index in [1.54, 1.807) is 14.0 Å². The molecule has 8 heteroatoms. The highest BCUT2D eigenvalue weighted by molar-refractivity contribution is 7.84. The van der Waals surface area contributed by atoms with Crippen molar-refractivity contribution in [3.63, 3.8) is 0 Å². The third-order valence-corrected chi connectivity index (χ3v) is 4.78. The highest BCUT2D eigenvalue weighted by atomic mass is 35.5. The van der Waals surface area contributed by atoms with E-state index in [-0.39, 0.29) is 16.2 Å². The molecule has 1 N–H and O–H groups in total. The zero-order valence-corrected chi connectivity index (χ0v) is 12.8. The number of aryl methyl sites for hydroxylation is 2. The summed E-state index contributed by atoms with van der Waals surface area (Å²) < 4.78 is 27.5. The van der Waals surface area contributed by atoms with E-state index in [0.717, 1.165) is 18.2 Å². The molecule has 2 aromatic rings. The molecule has 0 saturated heterocycles. The van der Waals surface area contributed by atoms with Gasteiger partial charge < -0.3 is 5.11 Å². The minimum absolute atomic E-state index is 0.0455. The Bertz CT molecular complexity index is 745. The van der Waals surface area contributed by atoms with Crippen LogP contribution in [0, 0.1) is 12.7 Å². The zero-order valence-electron chi connectivity index (χ0n) is 11.3. The molecule has 1 atom stereocenters. The first-order valence-electron chi connectivity index (χ1n) is 5.90. The summed E-state index contributed by atoms with van der Waals surface area (Å²) in [5.41, 5.74) is 0.977. The smallest absolute Gasteiger partial charge is 0.335 e. The minimum Gasteiger partial charge on any atom is -0.478 e. The molecule has 0 amide bonds. The Balaban J connectivity index is 2.36. The summed E-state index contributed by atoms with van der Waals surface area (Å²) in [6.45, 7) is 1.71. The Hall–Kier alpha value is -1.73. The monoisotopic (exact) mass is 330 g/mol. The summed E-state index contributed by atoms with van der Waals surface area (Å²) in [5.74, 6) is -1.97. The molecule has 0 radical (unpaired) electrons. The number of halogens is 2. The van der Waals surface area contributed by atoms with E-state index in [1.807, 2.05) is 0 Å². The van der Waals surface area contributed by atoms with Crippen LogP contribution in [0.1, 0.15) is 21.7 Å². The van der Waals surface area contributed by atoms with Crippen LogP contribution in [0.2, 0.25) is 5.02 Å². The van der Waals surface area contributed by atoms with Gasteiger partial charge in [0.15, 0.2) is 0 Å². The molecule has 2 rings (SSSR count). The number of carboxylic acids is 1. The second-order valence-corrected chi connectivity index (χ2v) is 6.21. The summed E-state index contributed by atoms with van der Waals surface area (Å²) in [7, 11) is -0.115. The van der Waals surface area contributed by atoms with Crippen molar-refractivity contribution in [1.29, 1.82) is 0 Å². The Morgan fingerprint density at radius 2 is 2.19 bits per heavy atom. The number of aromatic carboxylic acids is 1. The van der Waals surface area contributed by atoms with Gasteiger partial charge in [0.25, 0.3) is 0 Å². The Kier molecular flexibility index (Phi) is 4.43. The summed E-state index contributed by atoms with van der Waals surface area (Å²) >= 11 is 6.06. The van der Waals surface area contributed by atoms with Crippen LogP contribution in [-0.4, -0.2) is 25.1 Å². The standard InChI is InChI=1S/C13H12ClFN2O3S/c1-7-12(14)10(17(2)16-7)6-21(20)11-5-8(13(18)19)3-4-9(11)15/h3-5H,6H2,1-2H3,(H,18,19). The van der Waals surface area contributed by atoms with Gasteiger partial charge in [-0.25, -0.2) is 9.18 Å². The average molecular weight is 331 g/mol. The summed E-state index contributed by atoms with van der Waals surface area (Å²) in [4.78, 5) is 10.7. The maximum absolute atomic E-state index is 13.8. The van der Waals surface area contributed by atoms with Crippen molar-refractivity contribution >= 4 is 28.4 Å². The fourth-order valence-electron chi connectivity index (χ4n) is 1.85. The lowest BCUT2D eigenvalue weighted by molar-refractivity contribution is 0.0696. The molecular formula is C13H12ClFN2O3S. The molecule has 1 unspecified atom stereocenters. The molecule has 0 saturated carbocycles. The lowest BCUT2D eigenvalue weighted by Crippen LogP contribution is -2.06. The van der Waals surface area contributed by atoms with Gasteiger partial charge in [-0.1, -0.05) is 11.6 Å². The lowest BCUT2D eigenvalue weighted by Gasteiger charge is -2.06. The van der Waals surface area contributed by atoms with Crippen molar-refractivity contribution in [3.8, 4) is 0 Å². The summed E-state index contributed by atoms with van der Waals surface area (Å²) in [6.07, 6.45) is 0. The first-order chi connectivity index (χ1) is 9.81. The van der Waals surface area contributed by atoms with Crippen LogP contribution < -0.4 is 0 Å². The third-order valence-electron chi connectivity index (χ3n) is 2.95. The first-order valence-corrected chi connectivity index (χ1v) is 7.60. The van der Waals surface area contributed by atoms with Gasteiger partial charge in [0.05, 0.1) is 43.4 Å². The Labute approximate surface area is 127 Å². The van der Waals surface area contributed by atoms with E-state index < -0.39 is 22.6 Å². The molecule has 5 nitrogen and oxygen atoms in total. The van der Waals surface area contributed by atoms with Crippen molar-refractivity contribution < 1.29 is 18.5 Å². The van der Waals surface area contributed by atoms with E-state index in [4.69, 9.17) is 16.7 Å². The number of rotatable bonds is 4. The van der Waals surface area contributed by atoms with Crippen molar-refractivity contribution in [2.24, 2.45) is 7.05 Å². The van der Waals surface area contributed by atoms with E-state index in [9.17, 15) is 13.4 Å². The van der Waals surface area contributed by atoms with Gasteiger partial charge in [-0.2, -0.15) is 5.10 Å². The summed E-state index contributed by atoms with van der Waals surface area (Å²) in [5, 5.41) is 13.4. The van der Waals surface area contributed by atoms with Crippen LogP contribution in [0.3, 0.4) is 0 Å². The maximum Gasteiger partial charge on any atom is 0.335 e. The molecule has 0 bridgehead atoms. The van der Waals surface area contributed by atoms with Gasteiger partial charge in [-0.3, -0.25) is 8.89 Å². The molecule has 0 aliphatic heterocycles. The number of carboxylic acid groups (broad SMARTS) is 1. The third kappa shape index (κ3) is 3.14. The van der Waals surface area contributed by atoms with Gasteiger partial charge in [-0.15, -0.1) is 0 Å². The van der Waals surface area contributed by atoms with Crippen LogP contribution in [0.4, 0.5) is 4.39 Å². The van der Waals surface area contributed by atoms with Crippen LogP contribution in [0.25, 0.3) is 0 Å². The number of carbonyl (C=O) groups is 1. The number of benzene rings is 1. The topological polar surface area (TPSA) is 72.2 Å². The van der Waals surface area contributed by atoms with Crippen molar-refractivity contribution in [2.45, 2.75) is 17.6 Å². The largest absolute Gasteiger partial charge is 0.478 e. The van der Waals surface area contributed by atoms with E-state index in [2.05, 4.69) is 5.10 Å². The molecule has 0 aliphatic rings. The maximum atomic E-state index is 13.8. The Morgan fingerprint density at radius 3 is 2.71 bits per heavy atom. The van der Waals surface area contributed by atoms with Gasteiger partial charge in [-0.05, 0) is 25.1 Å². The molecular weight excluding hydrogens is 319 g/mol. The van der Waals surface area contributed by atoms with Crippen LogP contribution in [0.5, 0.6) is 0 Å². The number of hydrogen-bond donors (Lipinski definition) is 1. The minimum atomic E-state index is -1.76. The van der Waals surface area contributed by atoms with Crippen molar-refractivity contribution in [3.05, 3.63) is 46.0 Å². The highest BCUT2D eigenvalue weighted by Gasteiger charge is 2.18. The van der Waals surface area contributed by atoms with Crippen LogP contribution in [-0.2, 0) is 23.6 Å². The number of aromatic nitrogens is 2. The Morgan fingerprint density at radius 1 is 1.52 bits per heavy atom. The molecule has 1 heterocycles. The fourth-order valence-corrected chi connectivity index (χ4v) is 3.43. The number of nitrogens with zero attached hydrogens (tertiary/aromatic N) is 2. The fraction of sp³-hybridized carbons (Fsp3) is 0.231. The average Bonchev–Trinajstić information content (AvgIpc) is 2.65. The van der Waals surface area contributed by atoms with Crippen LogP contribution >= 0.6 is 11.6 Å². The zero-order chi connectivity index (χ0) is 15.7. The summed E-state index contributed by atoms with van der Waals surface area (Å²) in [6, 6.07) is 3.19. The SMILES string of the molecule is Cc1nn(C)c(CS(=O)c2cc(C(=O)O)ccc2F)c1Cl. The van der Waals surface area contributed by atoms with Gasteiger partial charge in [0.2, 0.25) is 0 Å². The van der Waals surface area contributed by atoms with E-state index in [0.29, 0.717) is 16.4 Å². The van der Waals surface area contributed by atoms with Gasteiger partial charge >= 0.3 is 5.97 Å². The normalized spacial score (nSPS) is 12.4. The van der Waals surface area contributed by atoms with Crippen molar-refractivity contribution in [2.75, 3.05) is 0 Å². The molecule has 0 fully saturated rings. The molecule has 1 aromatic carbocycles. The van der Waals surface area contributed by atoms with Crippen molar-refractivity contribution in [1.82, 2.24) is 9.78 Å². The quantitative estimate of drug-likeness (QED) is 0.935. The predicted octanol–water partition coefficient (Wildman–Crippen LogP) is 2.53. The van der Waals surface area contributed by atoms with Gasteiger partial charge in [0, 0.05) is 7.05 Å². The molecule has 0 aliphatic carbocycles. The molecule has 112 valence electrons. The second kappa shape index (κ2) is 5.95. The molecule has 21 heavy (non-hydrogen) atoms.